The fourth-order valence-electron chi connectivity index (χ4n) is 3.24. The number of ether oxygens (including phenoxy) is 1. The molecule has 6 heteroatoms. The summed E-state index contributed by atoms with van der Waals surface area (Å²) >= 11 is 0. The van der Waals surface area contributed by atoms with Crippen molar-refractivity contribution in [3.63, 3.8) is 0 Å². The molecule has 0 radical (unpaired) electrons. The van der Waals surface area contributed by atoms with Crippen LogP contribution in [0.4, 0.5) is 11.4 Å². The van der Waals surface area contributed by atoms with Crippen LogP contribution in [0.5, 0.6) is 0 Å². The van der Waals surface area contributed by atoms with Crippen molar-refractivity contribution >= 4 is 23.2 Å². The first-order valence-corrected chi connectivity index (χ1v) is 9.65. The molecule has 2 aromatic carbocycles. The summed E-state index contributed by atoms with van der Waals surface area (Å²) in [5, 5.41) is 2.88. The van der Waals surface area contributed by atoms with Crippen LogP contribution in [0.3, 0.4) is 0 Å². The number of morpholine rings is 1. The highest BCUT2D eigenvalue weighted by Crippen LogP contribution is 2.19. The fourth-order valence-corrected chi connectivity index (χ4v) is 3.24. The van der Waals surface area contributed by atoms with Crippen LogP contribution in [0.2, 0.25) is 0 Å². The zero-order valence-electron chi connectivity index (χ0n) is 16.5. The molecule has 0 atom stereocenters. The summed E-state index contributed by atoms with van der Waals surface area (Å²) in [6.07, 6.45) is 0. The SMILES string of the molecule is CCN(CC(=O)Nc1ccc(N2CCOCC2)cc1)C(=O)c1cccc(C)c1. The van der Waals surface area contributed by atoms with Gasteiger partial charge in [0.1, 0.15) is 6.54 Å². The molecule has 28 heavy (non-hydrogen) atoms. The second kappa shape index (κ2) is 9.37. The summed E-state index contributed by atoms with van der Waals surface area (Å²) in [4.78, 5) is 28.9. The van der Waals surface area contributed by atoms with Gasteiger partial charge in [-0.3, -0.25) is 9.59 Å². The third-order valence-electron chi connectivity index (χ3n) is 4.80. The molecular weight excluding hydrogens is 354 g/mol. The summed E-state index contributed by atoms with van der Waals surface area (Å²) in [7, 11) is 0. The summed E-state index contributed by atoms with van der Waals surface area (Å²) < 4.78 is 5.37. The van der Waals surface area contributed by atoms with Crippen LogP contribution in [-0.4, -0.2) is 56.1 Å². The maximum absolute atomic E-state index is 12.7. The van der Waals surface area contributed by atoms with E-state index in [9.17, 15) is 9.59 Å². The third kappa shape index (κ3) is 5.10. The van der Waals surface area contributed by atoms with E-state index in [1.165, 1.54) is 0 Å². The average Bonchev–Trinajstić information content (AvgIpc) is 2.72. The monoisotopic (exact) mass is 381 g/mol. The normalized spacial score (nSPS) is 13.9. The molecular formula is C22H27N3O3. The van der Waals surface area contributed by atoms with E-state index in [-0.39, 0.29) is 18.4 Å². The van der Waals surface area contributed by atoms with Crippen LogP contribution in [0, 0.1) is 6.92 Å². The molecule has 1 aliphatic rings. The number of amides is 2. The van der Waals surface area contributed by atoms with Crippen molar-refractivity contribution in [2.45, 2.75) is 13.8 Å². The number of hydrogen-bond donors (Lipinski definition) is 1. The van der Waals surface area contributed by atoms with Gasteiger partial charge in [-0.25, -0.2) is 0 Å². The molecule has 1 heterocycles. The van der Waals surface area contributed by atoms with Crippen LogP contribution < -0.4 is 10.2 Å². The Balaban J connectivity index is 1.58. The van der Waals surface area contributed by atoms with Gasteiger partial charge in [0.2, 0.25) is 5.91 Å². The van der Waals surface area contributed by atoms with Crippen molar-refractivity contribution in [2.75, 3.05) is 49.6 Å². The first-order chi connectivity index (χ1) is 13.6. The van der Waals surface area contributed by atoms with Gasteiger partial charge in [-0.1, -0.05) is 17.7 Å². The molecule has 0 aliphatic carbocycles. The number of hydrogen-bond acceptors (Lipinski definition) is 4. The van der Waals surface area contributed by atoms with E-state index in [0.717, 1.165) is 43.2 Å². The molecule has 1 fully saturated rings. The molecule has 0 aromatic heterocycles. The van der Waals surface area contributed by atoms with Crippen LogP contribution in [0.1, 0.15) is 22.8 Å². The molecule has 6 nitrogen and oxygen atoms in total. The Morgan fingerprint density at radius 3 is 2.46 bits per heavy atom. The predicted octanol–water partition coefficient (Wildman–Crippen LogP) is 2.93. The Hall–Kier alpha value is -2.86. The number of benzene rings is 2. The van der Waals surface area contributed by atoms with Crippen molar-refractivity contribution in [2.24, 2.45) is 0 Å². The molecule has 2 amide bonds. The van der Waals surface area contributed by atoms with Crippen LogP contribution in [-0.2, 0) is 9.53 Å². The number of carbonyl (C=O) groups is 2. The molecule has 148 valence electrons. The van der Waals surface area contributed by atoms with Gasteiger partial charge in [-0.2, -0.15) is 0 Å². The lowest BCUT2D eigenvalue weighted by Gasteiger charge is -2.29. The van der Waals surface area contributed by atoms with Gasteiger partial charge >= 0.3 is 0 Å². The number of aryl methyl sites for hydroxylation is 1. The van der Waals surface area contributed by atoms with Crippen molar-refractivity contribution in [1.29, 1.82) is 0 Å². The largest absolute Gasteiger partial charge is 0.378 e. The minimum Gasteiger partial charge on any atom is -0.378 e. The molecule has 3 rings (SSSR count). The first kappa shape index (κ1) is 19.9. The van der Waals surface area contributed by atoms with Crippen molar-refractivity contribution in [3.05, 3.63) is 59.7 Å². The Morgan fingerprint density at radius 2 is 1.82 bits per heavy atom. The van der Waals surface area contributed by atoms with E-state index in [0.29, 0.717) is 12.1 Å². The zero-order valence-corrected chi connectivity index (χ0v) is 16.5. The van der Waals surface area contributed by atoms with Crippen LogP contribution in [0.25, 0.3) is 0 Å². The highest BCUT2D eigenvalue weighted by atomic mass is 16.5. The molecule has 1 N–H and O–H groups in total. The lowest BCUT2D eigenvalue weighted by atomic mass is 10.1. The molecule has 0 unspecified atom stereocenters. The van der Waals surface area contributed by atoms with Gasteiger partial charge in [0, 0.05) is 36.6 Å². The summed E-state index contributed by atoms with van der Waals surface area (Å²) in [5.41, 5.74) is 3.46. The Labute approximate surface area is 166 Å². The minimum atomic E-state index is -0.207. The maximum Gasteiger partial charge on any atom is 0.254 e. The maximum atomic E-state index is 12.7. The number of nitrogens with one attached hydrogen (secondary N) is 1. The number of nitrogens with zero attached hydrogens (tertiary/aromatic N) is 2. The van der Waals surface area contributed by atoms with Gasteiger partial charge in [0.15, 0.2) is 0 Å². The fraction of sp³-hybridized carbons (Fsp3) is 0.364. The van der Waals surface area contributed by atoms with Gasteiger partial charge in [0.25, 0.3) is 5.91 Å². The van der Waals surface area contributed by atoms with E-state index < -0.39 is 0 Å². The molecule has 1 saturated heterocycles. The zero-order chi connectivity index (χ0) is 19.9. The van der Waals surface area contributed by atoms with Crippen LogP contribution >= 0.6 is 0 Å². The smallest absolute Gasteiger partial charge is 0.254 e. The Morgan fingerprint density at radius 1 is 1.11 bits per heavy atom. The Bertz CT molecular complexity index is 814. The lowest BCUT2D eigenvalue weighted by Crippen LogP contribution is -2.38. The topological polar surface area (TPSA) is 61.9 Å². The molecule has 0 saturated carbocycles. The van der Waals surface area contributed by atoms with Gasteiger partial charge < -0.3 is 19.9 Å². The second-order valence-electron chi connectivity index (χ2n) is 6.88. The van der Waals surface area contributed by atoms with E-state index in [2.05, 4.69) is 10.2 Å². The van der Waals surface area contributed by atoms with Crippen molar-refractivity contribution in [1.82, 2.24) is 4.90 Å². The Kier molecular flexibility index (Phi) is 6.66. The minimum absolute atomic E-state index is 0.0223. The molecule has 2 aromatic rings. The standard InChI is InChI=1S/C22H27N3O3/c1-3-24(22(27)18-6-4-5-17(2)15-18)16-21(26)23-19-7-9-20(10-8-19)25-11-13-28-14-12-25/h4-10,15H,3,11-14,16H2,1-2H3,(H,23,26). The lowest BCUT2D eigenvalue weighted by molar-refractivity contribution is -0.116. The highest BCUT2D eigenvalue weighted by molar-refractivity contribution is 5.99. The highest BCUT2D eigenvalue weighted by Gasteiger charge is 2.18. The summed E-state index contributed by atoms with van der Waals surface area (Å²) in [5.74, 6) is -0.342. The number of anilines is 2. The van der Waals surface area contributed by atoms with Crippen molar-refractivity contribution < 1.29 is 14.3 Å². The number of carbonyl (C=O) groups excluding carboxylic acids is 2. The molecule has 0 spiro atoms. The predicted molar refractivity (Wildman–Crippen MR) is 111 cm³/mol. The van der Waals surface area contributed by atoms with Crippen LogP contribution in [0.15, 0.2) is 48.5 Å². The summed E-state index contributed by atoms with van der Waals surface area (Å²) in [6, 6.07) is 15.2. The molecule has 0 bridgehead atoms. The third-order valence-corrected chi connectivity index (χ3v) is 4.80. The van der Waals surface area contributed by atoms with E-state index in [1.807, 2.05) is 56.3 Å². The van der Waals surface area contributed by atoms with E-state index >= 15 is 0 Å². The van der Waals surface area contributed by atoms with Gasteiger partial charge in [-0.15, -0.1) is 0 Å². The number of likely N-dealkylation sites (N-methyl/N-ethyl adjacent to an activating group) is 1. The van der Waals surface area contributed by atoms with E-state index in [1.54, 1.807) is 11.0 Å². The van der Waals surface area contributed by atoms with Crippen molar-refractivity contribution in [3.8, 4) is 0 Å². The average molecular weight is 381 g/mol. The summed E-state index contributed by atoms with van der Waals surface area (Å²) in [6.45, 7) is 7.53. The second-order valence-corrected chi connectivity index (χ2v) is 6.88. The number of rotatable bonds is 6. The quantitative estimate of drug-likeness (QED) is 0.836. The first-order valence-electron chi connectivity index (χ1n) is 9.65. The van der Waals surface area contributed by atoms with Gasteiger partial charge in [-0.05, 0) is 50.2 Å². The molecule has 1 aliphatic heterocycles. The van der Waals surface area contributed by atoms with Gasteiger partial charge in [0.05, 0.1) is 13.2 Å². The van der Waals surface area contributed by atoms with E-state index in [4.69, 9.17) is 4.74 Å².